The maximum atomic E-state index is 5.56. The Morgan fingerprint density at radius 1 is 0.228 bits per heavy atom. The Morgan fingerprint density at radius 2 is 0.457 bits per heavy atom. The third-order valence-corrected chi connectivity index (χ3v) is 23.1. The molecule has 0 saturated heterocycles. The predicted molar refractivity (Wildman–Crippen MR) is 406 cm³/mol. The first-order valence-electron chi connectivity index (χ1n) is 37.4. The van der Waals surface area contributed by atoms with Crippen LogP contribution in [0.2, 0.25) is 0 Å². The van der Waals surface area contributed by atoms with Crippen molar-refractivity contribution < 1.29 is 0 Å². The molecule has 8 nitrogen and oxygen atoms in total. The van der Waals surface area contributed by atoms with Crippen molar-refractivity contribution in [3.8, 4) is 45.6 Å². The van der Waals surface area contributed by atoms with Crippen LogP contribution in [0.5, 0.6) is 0 Å². The molecule has 2 aliphatic heterocycles. The fourth-order valence-electron chi connectivity index (χ4n) is 13.2. The summed E-state index contributed by atoms with van der Waals surface area (Å²) in [6, 6.07) is 27.3. The number of aromatic nitrogens is 8. The summed E-state index contributed by atoms with van der Waals surface area (Å²) >= 11 is 7.82. The molecule has 0 atom stereocenters. The molecular weight excluding hydrogens is 1200 g/mol. The van der Waals surface area contributed by atoms with E-state index in [1.165, 1.54) is 276 Å². The van der Waals surface area contributed by atoms with E-state index in [0.717, 1.165) is 89.4 Å². The first-order valence-corrected chi connectivity index (χ1v) is 41.4. The first kappa shape index (κ1) is 71.9. The summed E-state index contributed by atoms with van der Waals surface area (Å²) in [4.78, 5) is 45.5. The Labute approximate surface area is 572 Å². The average Bonchev–Trinajstić information content (AvgIpc) is 1.61. The van der Waals surface area contributed by atoms with Crippen LogP contribution in [0.25, 0.3) is 89.7 Å². The van der Waals surface area contributed by atoms with Gasteiger partial charge in [-0.15, -0.1) is 47.0 Å². The van der Waals surface area contributed by atoms with E-state index in [1.54, 1.807) is 0 Å². The zero-order chi connectivity index (χ0) is 63.6. The number of nitrogens with zero attached hydrogens (tertiary/aromatic N) is 6. The van der Waals surface area contributed by atoms with Gasteiger partial charge in [-0.05, 0) is 121 Å². The average molecular weight is 1320 g/mol. The molecular formula is C80H114N8S4. The lowest BCUT2D eigenvalue weighted by Crippen LogP contribution is -1.86. The molecule has 498 valence electrons. The Hall–Kier alpha value is -4.36. The van der Waals surface area contributed by atoms with Gasteiger partial charge in [0.05, 0.1) is 0 Å². The van der Waals surface area contributed by atoms with Crippen LogP contribution >= 0.6 is 47.0 Å². The molecule has 8 bridgehead atoms. The number of hydrogen-bond acceptors (Lipinski definition) is 10. The number of thioether (sulfide) groups is 4. The second-order valence-electron chi connectivity index (χ2n) is 26.6. The highest BCUT2D eigenvalue weighted by Gasteiger charge is 2.24. The summed E-state index contributed by atoms with van der Waals surface area (Å²) in [6.45, 7) is 9.21. The zero-order valence-electron chi connectivity index (χ0n) is 57.4. The molecule has 2 N–H and O–H groups in total. The highest BCUT2D eigenvalue weighted by atomic mass is 32.2. The van der Waals surface area contributed by atoms with Crippen molar-refractivity contribution in [2.24, 2.45) is 0 Å². The van der Waals surface area contributed by atoms with Crippen LogP contribution < -0.4 is 0 Å². The molecule has 0 radical (unpaired) electrons. The molecule has 3 aromatic heterocycles. The van der Waals surface area contributed by atoms with E-state index >= 15 is 0 Å². The lowest BCUT2D eigenvalue weighted by atomic mass is 10.1. The normalized spacial score (nSPS) is 12.0. The summed E-state index contributed by atoms with van der Waals surface area (Å²) in [6.07, 6.45) is 53.7. The highest BCUT2D eigenvalue weighted by molar-refractivity contribution is 8.00. The summed E-state index contributed by atoms with van der Waals surface area (Å²) in [5.74, 6) is 7.02. The van der Waals surface area contributed by atoms with E-state index in [1.807, 2.05) is 47.0 Å². The third kappa shape index (κ3) is 22.9. The highest BCUT2D eigenvalue weighted by Crippen LogP contribution is 2.41. The Morgan fingerprint density at radius 3 is 0.739 bits per heavy atom. The molecule has 0 spiro atoms. The van der Waals surface area contributed by atoms with Crippen LogP contribution in [0.1, 0.15) is 285 Å². The van der Waals surface area contributed by atoms with E-state index < -0.39 is 0 Å². The van der Waals surface area contributed by atoms with E-state index in [0.29, 0.717) is 23.3 Å². The quantitative estimate of drug-likeness (QED) is 0.0283. The van der Waals surface area contributed by atoms with Gasteiger partial charge in [0.15, 0.2) is 23.3 Å². The second-order valence-corrected chi connectivity index (χ2v) is 31.2. The Kier molecular flexibility index (Phi) is 32.5. The number of aromatic amines is 2. The maximum absolute atomic E-state index is 5.56. The van der Waals surface area contributed by atoms with Gasteiger partial charge in [0, 0.05) is 63.4 Å². The van der Waals surface area contributed by atoms with Crippen molar-refractivity contribution >= 4 is 91.2 Å². The fraction of sp³-hybridized carbons (Fsp3) is 0.600. The van der Waals surface area contributed by atoms with Gasteiger partial charge < -0.3 is 9.97 Å². The third-order valence-electron chi connectivity index (χ3n) is 18.8. The van der Waals surface area contributed by atoms with Crippen molar-refractivity contribution in [1.29, 1.82) is 0 Å². The molecule has 0 saturated carbocycles. The van der Waals surface area contributed by atoms with Crippen LogP contribution in [-0.4, -0.2) is 62.9 Å². The summed E-state index contributed by atoms with van der Waals surface area (Å²) in [5.41, 5.74) is 6.99. The van der Waals surface area contributed by atoms with Crippen LogP contribution in [0.3, 0.4) is 0 Å². The largest absolute Gasteiger partial charge is 0.324 e. The van der Waals surface area contributed by atoms with Gasteiger partial charge in [-0.25, -0.2) is 29.9 Å². The monoisotopic (exact) mass is 1310 g/mol. The van der Waals surface area contributed by atoms with Gasteiger partial charge in [-0.2, -0.15) is 0 Å². The standard InChI is InChI=1S/C80H114N8S4/c1-5-9-13-17-21-25-29-33-37-41-53-89-61-45-49-65-69(57-61)77-83-73(65)81-74-67-51-47-63(91-55-43-39-35-31-27-23-19-15-11-7-3)59-71(67)79(85-74)88-80-72-60-64(92-56-44-40-36-32-28-24-20-16-12-8-4)48-52-68(72)76(86-80)82-75-66-50-46-62(58-70(66)78(84-75)87-77)90-54-42-38-34-30-26-22-18-14-10-6-2/h45-52,57-60H,5-44,53-56H2,1-4H3,(H2,81,82,83,84,85,86,87,88). The molecule has 0 unspecified atom stereocenters. The van der Waals surface area contributed by atoms with Crippen molar-refractivity contribution in [3.05, 3.63) is 72.8 Å². The lowest BCUT2D eigenvalue weighted by molar-refractivity contribution is 0.563. The van der Waals surface area contributed by atoms with E-state index in [9.17, 15) is 0 Å². The molecule has 92 heavy (non-hydrogen) atoms. The SMILES string of the molecule is CCCCCCCCCCCCSc1ccc2c(c1)-c1nc-2nc2[nH]c(nc3nc(nc4[nH]c(n1)c1cc(SCCCCCCCCCCCC)ccc41)-c1ccc(SCCCCCCCCCCCC)cc1-3)c1cc(SCCCCCCCCCCCC)ccc21. The fourth-order valence-corrected chi connectivity index (χ4v) is 17.0. The van der Waals surface area contributed by atoms with Crippen molar-refractivity contribution in [1.82, 2.24) is 39.9 Å². The van der Waals surface area contributed by atoms with Gasteiger partial charge >= 0.3 is 0 Å². The van der Waals surface area contributed by atoms with Crippen molar-refractivity contribution in [2.45, 2.75) is 304 Å². The van der Waals surface area contributed by atoms with Crippen molar-refractivity contribution in [3.63, 3.8) is 0 Å². The molecule has 12 heteroatoms. The van der Waals surface area contributed by atoms with Gasteiger partial charge in [-0.3, -0.25) is 0 Å². The van der Waals surface area contributed by atoms with Crippen molar-refractivity contribution in [2.75, 3.05) is 23.0 Å². The topological polar surface area (TPSA) is 109 Å². The number of H-pyrrole nitrogens is 2. The molecule has 4 aromatic carbocycles. The Balaban J connectivity index is 1.04. The van der Waals surface area contributed by atoms with Gasteiger partial charge in [-0.1, -0.05) is 259 Å². The molecule has 2 aliphatic rings. The number of unbranched alkanes of at least 4 members (excludes halogenated alkanes) is 36. The molecule has 0 fully saturated rings. The van der Waals surface area contributed by atoms with Crippen LogP contribution in [0.4, 0.5) is 0 Å². The number of rotatable bonds is 48. The van der Waals surface area contributed by atoms with Gasteiger partial charge in [0.25, 0.3) is 0 Å². The summed E-state index contributed by atoms with van der Waals surface area (Å²) in [5, 5.41) is 4.11. The second kappa shape index (κ2) is 41.6. The van der Waals surface area contributed by atoms with Gasteiger partial charge in [0.2, 0.25) is 0 Å². The van der Waals surface area contributed by atoms with E-state index in [4.69, 9.17) is 29.9 Å². The van der Waals surface area contributed by atoms with E-state index in [-0.39, 0.29) is 0 Å². The minimum atomic E-state index is 0.656. The number of benzene rings is 4. The number of fused-ring (bicyclic) bond motifs is 20. The smallest absolute Gasteiger partial charge is 0.164 e. The summed E-state index contributed by atoms with van der Waals surface area (Å²) in [7, 11) is 0. The number of nitrogens with one attached hydrogen (secondary N) is 2. The molecule has 9 rings (SSSR count). The van der Waals surface area contributed by atoms with Crippen LogP contribution in [0, 0.1) is 0 Å². The van der Waals surface area contributed by atoms with E-state index in [2.05, 4.69) is 110 Å². The molecule has 7 aromatic rings. The zero-order valence-corrected chi connectivity index (χ0v) is 60.6. The maximum Gasteiger partial charge on any atom is 0.164 e. The Bertz CT molecular complexity index is 3230. The predicted octanol–water partition coefficient (Wildman–Crippen LogP) is 26.9. The first-order chi connectivity index (χ1) is 45.5. The molecule has 0 aliphatic carbocycles. The van der Waals surface area contributed by atoms with Crippen LogP contribution in [-0.2, 0) is 0 Å². The minimum absolute atomic E-state index is 0.656. The lowest BCUT2D eigenvalue weighted by Gasteiger charge is -2.05. The van der Waals surface area contributed by atoms with Crippen LogP contribution in [0.15, 0.2) is 92.4 Å². The molecule has 0 amide bonds. The minimum Gasteiger partial charge on any atom is -0.324 e. The summed E-state index contributed by atoms with van der Waals surface area (Å²) < 4.78 is 0. The van der Waals surface area contributed by atoms with Gasteiger partial charge in [0.1, 0.15) is 22.6 Å². The molecule has 5 heterocycles. The number of hydrogen-bond donors (Lipinski definition) is 2.